The number of rotatable bonds is 4. The lowest BCUT2D eigenvalue weighted by Gasteiger charge is -2.10. The van der Waals surface area contributed by atoms with Crippen LogP contribution < -0.4 is 5.32 Å². The normalized spacial score (nSPS) is 14.0. The summed E-state index contributed by atoms with van der Waals surface area (Å²) in [5, 5.41) is 7.68. The third-order valence-electron chi connectivity index (χ3n) is 4.28. The van der Waals surface area contributed by atoms with E-state index >= 15 is 0 Å². The lowest BCUT2D eigenvalue weighted by Crippen LogP contribution is -1.94. The molecular formula is C18H17N5. The van der Waals surface area contributed by atoms with Crippen molar-refractivity contribution >= 4 is 22.3 Å². The Morgan fingerprint density at radius 3 is 2.83 bits per heavy atom. The van der Waals surface area contributed by atoms with E-state index in [2.05, 4.69) is 21.5 Å². The molecule has 1 fully saturated rings. The molecule has 0 aliphatic heterocycles. The molecule has 1 aliphatic carbocycles. The van der Waals surface area contributed by atoms with Gasteiger partial charge in [-0.3, -0.25) is 0 Å². The number of nitrogens with zero attached hydrogens (tertiary/aromatic N) is 3. The molecule has 0 atom stereocenters. The van der Waals surface area contributed by atoms with Gasteiger partial charge < -0.3 is 5.32 Å². The third kappa shape index (κ3) is 2.44. The standard InChI is InChI=1S/C18H17N5/c1-20-17-9-12(7-8-16(17)23-19)13-3-2-4-15-14(13)10-21-18(22-15)11-5-6-11/h2-4,7-11,19-20H,5-6H2,1H3. The minimum Gasteiger partial charge on any atom is -0.386 e. The summed E-state index contributed by atoms with van der Waals surface area (Å²) in [5.74, 6) is 1.52. The molecule has 2 N–H and O–H groups in total. The summed E-state index contributed by atoms with van der Waals surface area (Å²) in [6, 6.07) is 12.0. The van der Waals surface area contributed by atoms with Crippen molar-refractivity contribution in [2.45, 2.75) is 18.8 Å². The molecule has 23 heavy (non-hydrogen) atoms. The minimum absolute atomic E-state index is 0.553. The summed E-state index contributed by atoms with van der Waals surface area (Å²) in [7, 11) is 1.84. The molecule has 2 aromatic carbocycles. The zero-order valence-electron chi connectivity index (χ0n) is 12.9. The molecule has 0 unspecified atom stereocenters. The molecule has 114 valence electrons. The van der Waals surface area contributed by atoms with Crippen molar-refractivity contribution < 1.29 is 0 Å². The summed E-state index contributed by atoms with van der Waals surface area (Å²) < 4.78 is 0. The second-order valence-corrected chi connectivity index (χ2v) is 5.83. The Morgan fingerprint density at radius 2 is 2.09 bits per heavy atom. The van der Waals surface area contributed by atoms with E-state index in [0.717, 1.165) is 33.5 Å². The van der Waals surface area contributed by atoms with Gasteiger partial charge in [-0.1, -0.05) is 18.2 Å². The molecule has 5 heteroatoms. The average Bonchev–Trinajstić information content (AvgIpc) is 3.45. The van der Waals surface area contributed by atoms with Gasteiger partial charge in [0.05, 0.1) is 11.2 Å². The molecule has 0 bridgehead atoms. The van der Waals surface area contributed by atoms with Gasteiger partial charge >= 0.3 is 0 Å². The zero-order chi connectivity index (χ0) is 15.8. The Kier molecular flexibility index (Phi) is 3.26. The topological polar surface area (TPSA) is 74.0 Å². The van der Waals surface area contributed by atoms with Gasteiger partial charge in [0.15, 0.2) is 0 Å². The lowest BCUT2D eigenvalue weighted by atomic mass is 10.0. The average molecular weight is 303 g/mol. The van der Waals surface area contributed by atoms with Gasteiger partial charge in [-0.15, -0.1) is 0 Å². The fraction of sp³-hybridized carbons (Fsp3) is 0.222. The highest BCUT2D eigenvalue weighted by Gasteiger charge is 2.26. The first kappa shape index (κ1) is 13.8. The van der Waals surface area contributed by atoms with Gasteiger partial charge in [0.1, 0.15) is 11.5 Å². The van der Waals surface area contributed by atoms with Crippen LogP contribution in [0.25, 0.3) is 22.0 Å². The maximum absolute atomic E-state index is 7.23. The Bertz CT molecular complexity index is 899. The van der Waals surface area contributed by atoms with E-state index in [1.807, 2.05) is 43.6 Å². The van der Waals surface area contributed by atoms with E-state index in [9.17, 15) is 0 Å². The number of anilines is 1. The minimum atomic E-state index is 0.553. The van der Waals surface area contributed by atoms with Gasteiger partial charge in [0.25, 0.3) is 0 Å². The van der Waals surface area contributed by atoms with E-state index in [1.165, 1.54) is 12.8 Å². The quantitative estimate of drug-likeness (QED) is 0.675. The van der Waals surface area contributed by atoms with Gasteiger partial charge in [0, 0.05) is 24.5 Å². The second-order valence-electron chi connectivity index (χ2n) is 5.83. The molecule has 0 amide bonds. The number of aromatic nitrogens is 2. The van der Waals surface area contributed by atoms with Crippen LogP contribution in [0.4, 0.5) is 11.4 Å². The number of hydrogen-bond acceptors (Lipinski definition) is 5. The summed E-state index contributed by atoms with van der Waals surface area (Å²) in [4.78, 5) is 9.28. The third-order valence-corrected chi connectivity index (χ3v) is 4.28. The van der Waals surface area contributed by atoms with Crippen molar-refractivity contribution in [1.29, 1.82) is 5.53 Å². The van der Waals surface area contributed by atoms with Crippen LogP contribution in [-0.2, 0) is 0 Å². The van der Waals surface area contributed by atoms with Gasteiger partial charge in [-0.05, 0) is 42.2 Å². The van der Waals surface area contributed by atoms with Gasteiger partial charge in [0.2, 0.25) is 0 Å². The predicted molar refractivity (Wildman–Crippen MR) is 91.3 cm³/mol. The summed E-state index contributed by atoms with van der Waals surface area (Å²) in [5.41, 5.74) is 11.8. The van der Waals surface area contributed by atoms with E-state index in [1.54, 1.807) is 0 Å². The maximum Gasteiger partial charge on any atom is 0.132 e. The van der Waals surface area contributed by atoms with Crippen LogP contribution >= 0.6 is 0 Å². The Balaban J connectivity index is 1.86. The largest absolute Gasteiger partial charge is 0.386 e. The molecule has 4 rings (SSSR count). The SMILES string of the molecule is CNc1cc(-c2cccc3nc(C4CC4)ncc23)ccc1N=N. The first-order chi connectivity index (χ1) is 11.3. The van der Waals surface area contributed by atoms with Crippen molar-refractivity contribution in [3.63, 3.8) is 0 Å². The molecule has 0 spiro atoms. The highest BCUT2D eigenvalue weighted by atomic mass is 15.0. The monoisotopic (exact) mass is 303 g/mol. The van der Waals surface area contributed by atoms with Crippen LogP contribution in [0.1, 0.15) is 24.6 Å². The molecule has 1 saturated carbocycles. The van der Waals surface area contributed by atoms with Gasteiger partial charge in [-0.25, -0.2) is 15.5 Å². The maximum atomic E-state index is 7.23. The van der Waals surface area contributed by atoms with Crippen molar-refractivity contribution in [2.24, 2.45) is 5.11 Å². The van der Waals surface area contributed by atoms with Crippen LogP contribution in [0.3, 0.4) is 0 Å². The fourth-order valence-corrected chi connectivity index (χ4v) is 2.86. The number of fused-ring (bicyclic) bond motifs is 1. The Hall–Kier alpha value is -2.82. The van der Waals surface area contributed by atoms with E-state index in [-0.39, 0.29) is 0 Å². The highest BCUT2D eigenvalue weighted by Crippen LogP contribution is 2.39. The number of benzene rings is 2. The van der Waals surface area contributed by atoms with Crippen LogP contribution in [-0.4, -0.2) is 17.0 Å². The van der Waals surface area contributed by atoms with Crippen molar-refractivity contribution in [2.75, 3.05) is 12.4 Å². The lowest BCUT2D eigenvalue weighted by molar-refractivity contribution is 0.948. The van der Waals surface area contributed by atoms with E-state index < -0.39 is 0 Å². The number of hydrogen-bond donors (Lipinski definition) is 2. The van der Waals surface area contributed by atoms with E-state index in [0.29, 0.717) is 11.6 Å². The molecule has 1 aliphatic rings. The molecule has 0 saturated heterocycles. The van der Waals surface area contributed by atoms with Crippen LogP contribution in [0.15, 0.2) is 47.7 Å². The smallest absolute Gasteiger partial charge is 0.132 e. The first-order valence-electron chi connectivity index (χ1n) is 7.75. The summed E-state index contributed by atoms with van der Waals surface area (Å²) >= 11 is 0. The van der Waals surface area contributed by atoms with Crippen molar-refractivity contribution in [3.8, 4) is 11.1 Å². The van der Waals surface area contributed by atoms with Gasteiger partial charge in [-0.2, -0.15) is 5.11 Å². The second kappa shape index (κ2) is 5.43. The molecule has 5 nitrogen and oxygen atoms in total. The Labute approximate surface area is 134 Å². The molecular weight excluding hydrogens is 286 g/mol. The highest BCUT2D eigenvalue weighted by molar-refractivity contribution is 5.95. The predicted octanol–water partition coefficient (Wildman–Crippen LogP) is 4.88. The molecule has 1 aromatic heterocycles. The number of nitrogens with one attached hydrogen (secondary N) is 2. The summed E-state index contributed by atoms with van der Waals surface area (Å²) in [6.45, 7) is 0. The first-order valence-corrected chi connectivity index (χ1v) is 7.75. The fourth-order valence-electron chi connectivity index (χ4n) is 2.86. The Morgan fingerprint density at radius 1 is 1.22 bits per heavy atom. The molecule has 0 radical (unpaired) electrons. The molecule has 1 heterocycles. The van der Waals surface area contributed by atoms with Crippen LogP contribution in [0.2, 0.25) is 0 Å². The zero-order valence-corrected chi connectivity index (χ0v) is 12.9. The van der Waals surface area contributed by atoms with Crippen molar-refractivity contribution in [1.82, 2.24) is 9.97 Å². The summed E-state index contributed by atoms with van der Waals surface area (Å²) in [6.07, 6.45) is 4.34. The molecule has 3 aromatic rings. The van der Waals surface area contributed by atoms with E-state index in [4.69, 9.17) is 10.5 Å². The van der Waals surface area contributed by atoms with Crippen molar-refractivity contribution in [3.05, 3.63) is 48.4 Å². The van der Waals surface area contributed by atoms with Crippen LogP contribution in [0.5, 0.6) is 0 Å². The van der Waals surface area contributed by atoms with Crippen LogP contribution in [0, 0.1) is 5.53 Å².